The van der Waals surface area contributed by atoms with Crippen molar-refractivity contribution in [2.24, 2.45) is 0 Å². The van der Waals surface area contributed by atoms with E-state index in [0.29, 0.717) is 59.4 Å². The van der Waals surface area contributed by atoms with Crippen LogP contribution in [0, 0.1) is 0 Å². The molecule has 4 aromatic rings. The van der Waals surface area contributed by atoms with Gasteiger partial charge in [0, 0.05) is 11.1 Å². The van der Waals surface area contributed by atoms with Gasteiger partial charge in [0.25, 0.3) is 0 Å². The maximum atomic E-state index is 10.6. The van der Waals surface area contributed by atoms with E-state index in [1.807, 2.05) is 24.3 Å². The number of hydrogen-bond donors (Lipinski definition) is 5. The monoisotopic (exact) mass is 486 g/mol. The Morgan fingerprint density at radius 2 is 1.47 bits per heavy atom. The molecule has 7 heteroatoms. The van der Waals surface area contributed by atoms with E-state index in [0.717, 1.165) is 11.1 Å². The largest absolute Gasteiger partial charge is 0.504 e. The van der Waals surface area contributed by atoms with Gasteiger partial charge in [0.1, 0.15) is 5.75 Å². The third-order valence-corrected chi connectivity index (χ3v) is 6.60. The molecule has 0 fully saturated rings. The van der Waals surface area contributed by atoms with Crippen molar-refractivity contribution in [1.82, 2.24) is 0 Å². The number of aromatic hydroxyl groups is 5. The molecule has 0 bridgehead atoms. The minimum atomic E-state index is -0.181. The number of benzene rings is 4. The predicted octanol–water partition coefficient (Wildman–Crippen LogP) is 5.57. The first kappa shape index (κ1) is 23.2. The normalized spacial score (nSPS) is 12.0. The Morgan fingerprint density at radius 3 is 2.22 bits per heavy atom. The summed E-state index contributed by atoms with van der Waals surface area (Å²) in [6.07, 6.45) is 2.27. The molecule has 1 aliphatic rings. The standard InChI is InChI=1S/C29H26O7/c1-35-28-24(32)15-18-9-12-21-20(13-14-23(31)27(21)34)25(18)29(28)36-19-10-6-16(7-11-19)5-8-17-3-2-4-22(30)26(17)33/h2-4,6-7,10-11,13-15,30-34H,5,8-9,12H2,1H3. The summed E-state index contributed by atoms with van der Waals surface area (Å²) in [5.41, 5.74) is 4.56. The zero-order valence-electron chi connectivity index (χ0n) is 19.7. The van der Waals surface area contributed by atoms with E-state index >= 15 is 0 Å². The molecule has 0 saturated heterocycles. The highest BCUT2D eigenvalue weighted by molar-refractivity contribution is 5.85. The van der Waals surface area contributed by atoms with Crippen LogP contribution in [0.5, 0.6) is 46.0 Å². The fraction of sp³-hybridized carbons (Fsp3) is 0.172. The molecule has 0 radical (unpaired) electrons. The molecule has 0 spiro atoms. The van der Waals surface area contributed by atoms with Crippen LogP contribution in [-0.2, 0) is 25.7 Å². The van der Waals surface area contributed by atoms with E-state index in [9.17, 15) is 25.5 Å². The van der Waals surface area contributed by atoms with Crippen LogP contribution in [-0.4, -0.2) is 32.6 Å². The number of fused-ring (bicyclic) bond motifs is 3. The molecule has 5 N–H and O–H groups in total. The molecule has 1 aliphatic carbocycles. The Kier molecular flexibility index (Phi) is 5.98. The topological polar surface area (TPSA) is 120 Å². The van der Waals surface area contributed by atoms with Gasteiger partial charge in [0.05, 0.1) is 7.11 Å². The van der Waals surface area contributed by atoms with Crippen LogP contribution >= 0.6 is 0 Å². The van der Waals surface area contributed by atoms with Gasteiger partial charge in [0.2, 0.25) is 5.75 Å². The van der Waals surface area contributed by atoms with Crippen LogP contribution in [0.25, 0.3) is 11.1 Å². The second kappa shape index (κ2) is 9.26. The smallest absolute Gasteiger partial charge is 0.204 e. The van der Waals surface area contributed by atoms with Crippen molar-refractivity contribution >= 4 is 0 Å². The Morgan fingerprint density at radius 1 is 0.722 bits per heavy atom. The predicted molar refractivity (Wildman–Crippen MR) is 135 cm³/mol. The van der Waals surface area contributed by atoms with Gasteiger partial charge in [-0.05, 0) is 84.3 Å². The number of phenols is 5. The van der Waals surface area contributed by atoms with Crippen molar-refractivity contribution in [1.29, 1.82) is 0 Å². The van der Waals surface area contributed by atoms with Crippen LogP contribution in [0.4, 0.5) is 0 Å². The van der Waals surface area contributed by atoms with Gasteiger partial charge >= 0.3 is 0 Å². The molecular formula is C29H26O7. The maximum Gasteiger partial charge on any atom is 0.204 e. The summed E-state index contributed by atoms with van der Waals surface area (Å²) in [4.78, 5) is 0. The zero-order valence-corrected chi connectivity index (χ0v) is 19.7. The molecule has 0 aromatic heterocycles. The van der Waals surface area contributed by atoms with E-state index in [1.165, 1.54) is 19.2 Å². The molecule has 0 saturated carbocycles. The molecule has 0 aliphatic heterocycles. The second-order valence-electron chi connectivity index (χ2n) is 8.78. The molecule has 0 atom stereocenters. The van der Waals surface area contributed by atoms with E-state index < -0.39 is 0 Å². The molecule has 5 rings (SSSR count). The summed E-state index contributed by atoms with van der Waals surface area (Å²) in [6, 6.07) is 17.2. The molecule has 0 amide bonds. The highest BCUT2D eigenvalue weighted by atomic mass is 16.5. The highest BCUT2D eigenvalue weighted by Gasteiger charge is 2.28. The van der Waals surface area contributed by atoms with Crippen LogP contribution in [0.3, 0.4) is 0 Å². The summed E-state index contributed by atoms with van der Waals surface area (Å²) >= 11 is 0. The van der Waals surface area contributed by atoms with Gasteiger partial charge in [-0.2, -0.15) is 0 Å². The minimum Gasteiger partial charge on any atom is -0.504 e. The van der Waals surface area contributed by atoms with Crippen LogP contribution < -0.4 is 9.47 Å². The Labute approximate surface area is 208 Å². The van der Waals surface area contributed by atoms with Gasteiger partial charge in [-0.1, -0.05) is 24.3 Å². The fourth-order valence-electron chi connectivity index (χ4n) is 4.74. The quantitative estimate of drug-likeness (QED) is 0.226. The molecule has 0 heterocycles. The second-order valence-corrected chi connectivity index (χ2v) is 8.78. The highest BCUT2D eigenvalue weighted by Crippen LogP contribution is 2.52. The third-order valence-electron chi connectivity index (χ3n) is 6.60. The lowest BCUT2D eigenvalue weighted by molar-refractivity contribution is 0.348. The first-order valence-electron chi connectivity index (χ1n) is 11.6. The molecule has 7 nitrogen and oxygen atoms in total. The van der Waals surface area contributed by atoms with Gasteiger partial charge in [-0.3, -0.25) is 0 Å². The lowest BCUT2D eigenvalue weighted by Crippen LogP contribution is -2.07. The van der Waals surface area contributed by atoms with E-state index in [1.54, 1.807) is 24.3 Å². The third kappa shape index (κ3) is 4.09. The van der Waals surface area contributed by atoms with Crippen molar-refractivity contribution in [2.75, 3.05) is 7.11 Å². The molecule has 0 unspecified atom stereocenters. The van der Waals surface area contributed by atoms with Crippen molar-refractivity contribution in [3.05, 3.63) is 82.9 Å². The zero-order chi connectivity index (χ0) is 25.4. The van der Waals surface area contributed by atoms with Gasteiger partial charge in [0.15, 0.2) is 34.5 Å². The summed E-state index contributed by atoms with van der Waals surface area (Å²) in [7, 11) is 1.45. The first-order chi connectivity index (χ1) is 17.4. The lowest BCUT2D eigenvalue weighted by atomic mass is 9.84. The summed E-state index contributed by atoms with van der Waals surface area (Å²) in [6.45, 7) is 0. The molecule has 4 aromatic carbocycles. The molecule has 36 heavy (non-hydrogen) atoms. The van der Waals surface area contributed by atoms with Gasteiger partial charge < -0.3 is 35.0 Å². The van der Waals surface area contributed by atoms with Gasteiger partial charge in [-0.25, -0.2) is 0 Å². The van der Waals surface area contributed by atoms with Gasteiger partial charge in [-0.15, -0.1) is 0 Å². The van der Waals surface area contributed by atoms with Crippen molar-refractivity contribution in [3.8, 4) is 57.1 Å². The van der Waals surface area contributed by atoms with Crippen LogP contribution in [0.2, 0.25) is 0 Å². The molecule has 184 valence electrons. The number of hydrogen-bond acceptors (Lipinski definition) is 7. The minimum absolute atomic E-state index is 0.0414. The summed E-state index contributed by atoms with van der Waals surface area (Å²) < 4.78 is 11.7. The Bertz CT molecular complexity index is 1440. The number of ether oxygens (including phenoxy) is 2. The maximum absolute atomic E-state index is 10.6. The van der Waals surface area contributed by atoms with E-state index in [2.05, 4.69) is 0 Å². The van der Waals surface area contributed by atoms with Crippen LogP contribution in [0.1, 0.15) is 22.3 Å². The van der Waals surface area contributed by atoms with Crippen LogP contribution in [0.15, 0.2) is 60.7 Å². The number of para-hydroxylation sites is 1. The van der Waals surface area contributed by atoms with E-state index in [-0.39, 0.29) is 34.5 Å². The summed E-state index contributed by atoms with van der Waals surface area (Å²) in [5, 5.41) is 50.7. The average molecular weight is 487 g/mol. The first-order valence-corrected chi connectivity index (χ1v) is 11.6. The van der Waals surface area contributed by atoms with Crippen molar-refractivity contribution in [2.45, 2.75) is 25.7 Å². The van der Waals surface area contributed by atoms with Crippen molar-refractivity contribution in [3.63, 3.8) is 0 Å². The Balaban J connectivity index is 1.46. The van der Waals surface area contributed by atoms with E-state index in [4.69, 9.17) is 9.47 Å². The fourth-order valence-corrected chi connectivity index (χ4v) is 4.74. The average Bonchev–Trinajstić information content (AvgIpc) is 2.87. The molecular weight excluding hydrogens is 460 g/mol. The van der Waals surface area contributed by atoms with Crippen molar-refractivity contribution < 1.29 is 35.0 Å². The Hall–Kier alpha value is -4.52. The number of phenolic OH excluding ortho intramolecular Hbond substituents is 5. The summed E-state index contributed by atoms with van der Waals surface area (Å²) in [5.74, 6) is 0.426. The number of methoxy groups -OCH3 is 1. The number of rotatable bonds is 6. The SMILES string of the molecule is COc1c(O)cc2c(c1Oc1ccc(CCc3cccc(O)c3O)cc1)-c1ccc(O)c(O)c1CC2. The lowest BCUT2D eigenvalue weighted by Gasteiger charge is -2.25. The number of aryl methyl sites for hydroxylation is 3.